The largest absolute Gasteiger partial charge is 0.383 e. The molecule has 0 unspecified atom stereocenters. The van der Waals surface area contributed by atoms with Gasteiger partial charge >= 0.3 is 0 Å². The van der Waals surface area contributed by atoms with Gasteiger partial charge in [0.05, 0.1) is 12.6 Å². The van der Waals surface area contributed by atoms with Gasteiger partial charge in [-0.15, -0.1) is 0 Å². The molecule has 13 heavy (non-hydrogen) atoms. The highest BCUT2D eigenvalue weighted by atomic mass is 127. The van der Waals surface area contributed by atoms with Crippen LogP contribution in [0.2, 0.25) is 0 Å². The van der Waals surface area contributed by atoms with E-state index in [9.17, 15) is 4.39 Å². The number of rotatable bonds is 3. The highest BCUT2D eigenvalue weighted by molar-refractivity contribution is 14.1. The zero-order valence-corrected chi connectivity index (χ0v) is 9.42. The monoisotopic (exact) mass is 295 g/mol. The summed E-state index contributed by atoms with van der Waals surface area (Å²) in [7, 11) is 1.58. The summed E-state index contributed by atoms with van der Waals surface area (Å²) in [6, 6.07) is 4.32. The molecule has 0 fully saturated rings. The van der Waals surface area contributed by atoms with E-state index >= 15 is 0 Å². The fourth-order valence-electron chi connectivity index (χ4n) is 1.07. The molecule has 1 aromatic carbocycles. The second kappa shape index (κ2) is 4.88. The first-order valence-corrected chi connectivity index (χ1v) is 4.92. The van der Waals surface area contributed by atoms with Crippen molar-refractivity contribution in [2.45, 2.75) is 6.04 Å². The van der Waals surface area contributed by atoms with Crippen molar-refractivity contribution in [3.63, 3.8) is 0 Å². The molecule has 0 heterocycles. The molecule has 0 saturated carbocycles. The van der Waals surface area contributed by atoms with Gasteiger partial charge in [-0.05, 0) is 46.4 Å². The summed E-state index contributed by atoms with van der Waals surface area (Å²) in [4.78, 5) is 0. The van der Waals surface area contributed by atoms with Crippen LogP contribution in [0.25, 0.3) is 0 Å². The van der Waals surface area contributed by atoms with Crippen molar-refractivity contribution in [3.05, 3.63) is 33.1 Å². The third-order valence-corrected chi connectivity index (χ3v) is 2.69. The number of ether oxygens (including phenoxy) is 1. The number of nitrogens with two attached hydrogens (primary N) is 1. The Kier molecular flexibility index (Phi) is 4.08. The lowest BCUT2D eigenvalue weighted by Crippen LogP contribution is -2.17. The fraction of sp³-hybridized carbons (Fsp3) is 0.333. The van der Waals surface area contributed by atoms with E-state index < -0.39 is 0 Å². The summed E-state index contributed by atoms with van der Waals surface area (Å²) in [6.07, 6.45) is 0. The molecule has 0 bridgehead atoms. The Bertz CT molecular complexity index is 293. The van der Waals surface area contributed by atoms with Crippen LogP contribution in [-0.4, -0.2) is 13.7 Å². The number of hydrogen-bond donors (Lipinski definition) is 1. The van der Waals surface area contributed by atoms with Crippen molar-refractivity contribution < 1.29 is 9.13 Å². The van der Waals surface area contributed by atoms with Gasteiger partial charge in [-0.1, -0.05) is 0 Å². The van der Waals surface area contributed by atoms with Crippen LogP contribution < -0.4 is 5.73 Å². The summed E-state index contributed by atoms with van der Waals surface area (Å²) >= 11 is 2.13. The minimum Gasteiger partial charge on any atom is -0.383 e. The normalized spacial score (nSPS) is 12.9. The number of benzene rings is 1. The fourth-order valence-corrected chi connectivity index (χ4v) is 1.80. The van der Waals surface area contributed by atoms with E-state index in [1.165, 1.54) is 12.1 Å². The summed E-state index contributed by atoms with van der Waals surface area (Å²) in [6.45, 7) is 0.402. The SMILES string of the molecule is COC[C@@H](N)c1cc(F)ccc1I. The van der Waals surface area contributed by atoms with Crippen LogP contribution in [0.3, 0.4) is 0 Å². The molecule has 0 aliphatic carbocycles. The molecule has 0 aromatic heterocycles. The minimum absolute atomic E-state index is 0.257. The summed E-state index contributed by atoms with van der Waals surface area (Å²) in [5.41, 5.74) is 6.57. The first kappa shape index (κ1) is 10.9. The molecule has 72 valence electrons. The van der Waals surface area contributed by atoms with Gasteiger partial charge in [0, 0.05) is 10.7 Å². The van der Waals surface area contributed by atoms with E-state index in [1.807, 2.05) is 0 Å². The van der Waals surface area contributed by atoms with Crippen molar-refractivity contribution in [2.75, 3.05) is 13.7 Å². The molecule has 1 rings (SSSR count). The Balaban J connectivity index is 2.91. The molecule has 0 radical (unpaired) electrons. The van der Waals surface area contributed by atoms with E-state index in [4.69, 9.17) is 10.5 Å². The van der Waals surface area contributed by atoms with Crippen LogP contribution in [0.4, 0.5) is 4.39 Å². The highest BCUT2D eigenvalue weighted by Gasteiger charge is 2.10. The summed E-state index contributed by atoms with van der Waals surface area (Å²) < 4.78 is 18.7. The smallest absolute Gasteiger partial charge is 0.123 e. The molecule has 0 amide bonds. The lowest BCUT2D eigenvalue weighted by molar-refractivity contribution is 0.180. The molecule has 1 atom stereocenters. The Morgan fingerprint density at radius 1 is 1.62 bits per heavy atom. The maximum Gasteiger partial charge on any atom is 0.123 e. The molecule has 0 saturated heterocycles. The zero-order valence-electron chi connectivity index (χ0n) is 7.26. The third-order valence-electron chi connectivity index (χ3n) is 1.70. The van der Waals surface area contributed by atoms with Crippen LogP contribution in [0.15, 0.2) is 18.2 Å². The summed E-state index contributed by atoms with van der Waals surface area (Å²) in [5.74, 6) is -0.262. The predicted molar refractivity (Wildman–Crippen MR) is 57.9 cm³/mol. The van der Waals surface area contributed by atoms with Crippen molar-refractivity contribution in [1.29, 1.82) is 0 Å². The Hall–Kier alpha value is -0.200. The average Bonchev–Trinajstić information content (AvgIpc) is 2.09. The zero-order chi connectivity index (χ0) is 9.84. The van der Waals surface area contributed by atoms with Gasteiger partial charge < -0.3 is 10.5 Å². The van der Waals surface area contributed by atoms with E-state index in [0.717, 1.165) is 9.13 Å². The predicted octanol–water partition coefficient (Wildman–Crippen LogP) is 2.08. The number of methoxy groups -OCH3 is 1. The highest BCUT2D eigenvalue weighted by Crippen LogP contribution is 2.19. The Morgan fingerprint density at radius 3 is 2.92 bits per heavy atom. The van der Waals surface area contributed by atoms with Crippen LogP contribution >= 0.6 is 22.6 Å². The molecular weight excluding hydrogens is 284 g/mol. The van der Waals surface area contributed by atoms with Gasteiger partial charge in [0.15, 0.2) is 0 Å². The standard InChI is InChI=1S/C9H11FINO/c1-13-5-9(12)7-4-6(10)2-3-8(7)11/h2-4,9H,5,12H2,1H3/t9-/m1/s1. The molecule has 2 nitrogen and oxygen atoms in total. The second-order valence-corrected chi connectivity index (χ2v) is 3.89. The van der Waals surface area contributed by atoms with Crippen LogP contribution in [0.5, 0.6) is 0 Å². The summed E-state index contributed by atoms with van der Waals surface area (Å²) in [5, 5.41) is 0. The quantitative estimate of drug-likeness (QED) is 0.867. The topological polar surface area (TPSA) is 35.2 Å². The van der Waals surface area contributed by atoms with Gasteiger partial charge in [0.25, 0.3) is 0 Å². The van der Waals surface area contributed by atoms with Gasteiger partial charge in [-0.25, -0.2) is 4.39 Å². The van der Waals surface area contributed by atoms with Crippen LogP contribution in [0.1, 0.15) is 11.6 Å². The number of halogens is 2. The lowest BCUT2D eigenvalue weighted by Gasteiger charge is -2.12. The molecule has 0 aliphatic rings. The lowest BCUT2D eigenvalue weighted by atomic mass is 10.1. The van der Waals surface area contributed by atoms with Crippen LogP contribution in [-0.2, 0) is 4.74 Å². The van der Waals surface area contributed by atoms with E-state index in [0.29, 0.717) is 6.61 Å². The van der Waals surface area contributed by atoms with Gasteiger partial charge in [-0.2, -0.15) is 0 Å². The number of hydrogen-bond acceptors (Lipinski definition) is 2. The molecular formula is C9H11FINO. The van der Waals surface area contributed by atoms with Gasteiger partial charge in [0.2, 0.25) is 0 Å². The van der Waals surface area contributed by atoms with E-state index in [2.05, 4.69) is 22.6 Å². The molecule has 0 spiro atoms. The van der Waals surface area contributed by atoms with Crippen molar-refractivity contribution in [2.24, 2.45) is 5.73 Å². The van der Waals surface area contributed by atoms with Crippen molar-refractivity contribution in [1.82, 2.24) is 0 Å². The van der Waals surface area contributed by atoms with E-state index in [-0.39, 0.29) is 11.9 Å². The Morgan fingerprint density at radius 2 is 2.31 bits per heavy atom. The van der Waals surface area contributed by atoms with Gasteiger partial charge in [0.1, 0.15) is 5.82 Å². The molecule has 2 N–H and O–H groups in total. The minimum atomic E-state index is -0.262. The maximum absolute atomic E-state index is 12.8. The molecule has 1 aromatic rings. The van der Waals surface area contributed by atoms with Gasteiger partial charge in [-0.3, -0.25) is 0 Å². The first-order chi connectivity index (χ1) is 6.15. The van der Waals surface area contributed by atoms with E-state index in [1.54, 1.807) is 13.2 Å². The Labute approximate surface area is 90.4 Å². The second-order valence-electron chi connectivity index (χ2n) is 2.73. The van der Waals surface area contributed by atoms with Crippen molar-refractivity contribution >= 4 is 22.6 Å². The van der Waals surface area contributed by atoms with Crippen molar-refractivity contribution in [3.8, 4) is 0 Å². The van der Waals surface area contributed by atoms with Crippen LogP contribution in [0, 0.1) is 9.39 Å². The average molecular weight is 295 g/mol. The third kappa shape index (κ3) is 2.89. The maximum atomic E-state index is 12.8. The first-order valence-electron chi connectivity index (χ1n) is 3.84. The molecule has 0 aliphatic heterocycles. The molecule has 4 heteroatoms.